The summed E-state index contributed by atoms with van der Waals surface area (Å²) in [5, 5.41) is 16.1. The molecule has 5 aromatic rings. The van der Waals surface area contributed by atoms with E-state index in [4.69, 9.17) is 14.6 Å². The highest BCUT2D eigenvalue weighted by molar-refractivity contribution is 6.07. The topological polar surface area (TPSA) is 104 Å². The summed E-state index contributed by atoms with van der Waals surface area (Å²) in [6.45, 7) is 0. The number of nitrogens with one attached hydrogen (secondary N) is 1. The zero-order chi connectivity index (χ0) is 23.5. The van der Waals surface area contributed by atoms with Gasteiger partial charge in [-0.05, 0) is 48.5 Å². The number of hydrogen-bond donors (Lipinski definition) is 1. The predicted octanol–water partition coefficient (Wildman–Crippen LogP) is 4.12. The van der Waals surface area contributed by atoms with Crippen molar-refractivity contribution < 1.29 is 14.3 Å². The van der Waals surface area contributed by atoms with Crippen molar-refractivity contribution in [1.82, 2.24) is 24.8 Å². The molecule has 0 bridgehead atoms. The van der Waals surface area contributed by atoms with Crippen LogP contribution in [0, 0.1) is 0 Å². The van der Waals surface area contributed by atoms with Crippen LogP contribution in [0.3, 0.4) is 0 Å². The maximum atomic E-state index is 13.0. The van der Waals surface area contributed by atoms with Gasteiger partial charge >= 0.3 is 0 Å². The first kappa shape index (κ1) is 21.1. The van der Waals surface area contributed by atoms with Gasteiger partial charge in [0.15, 0.2) is 23.0 Å². The summed E-state index contributed by atoms with van der Waals surface area (Å²) in [4.78, 5) is 17.1. The fourth-order valence-electron chi connectivity index (χ4n) is 3.64. The number of carbonyl (C=O) groups is 1. The highest BCUT2D eigenvalue weighted by Gasteiger charge is 2.17. The van der Waals surface area contributed by atoms with Gasteiger partial charge in [-0.1, -0.05) is 18.2 Å². The third-order valence-corrected chi connectivity index (χ3v) is 5.25. The number of nitrogens with zero attached hydrogens (tertiary/aromatic N) is 5. The highest BCUT2D eigenvalue weighted by atomic mass is 16.5. The summed E-state index contributed by atoms with van der Waals surface area (Å²) < 4.78 is 12.4. The molecule has 9 nitrogen and oxygen atoms in total. The molecule has 0 unspecified atom stereocenters. The standard InChI is InChI=1S/C25H20N6O3/c1-33-21-10-4-9-19(23(21)34-2)25(32)27-18-8-3-6-16(14-18)20-11-12-22-28-29-24(31(22)30-20)17-7-5-13-26-15-17/h3-15H,1-2H3,(H,27,32). The number of hydrogen-bond acceptors (Lipinski definition) is 7. The summed E-state index contributed by atoms with van der Waals surface area (Å²) in [7, 11) is 3.03. The van der Waals surface area contributed by atoms with Crippen molar-refractivity contribution in [3.8, 4) is 34.1 Å². The monoisotopic (exact) mass is 452 g/mol. The van der Waals surface area contributed by atoms with Gasteiger partial charge in [0.05, 0.1) is 25.5 Å². The minimum atomic E-state index is -0.311. The molecule has 0 saturated carbocycles. The molecule has 0 fully saturated rings. The molecule has 3 heterocycles. The number of rotatable bonds is 6. The molecule has 168 valence electrons. The van der Waals surface area contributed by atoms with E-state index >= 15 is 0 Å². The van der Waals surface area contributed by atoms with E-state index in [2.05, 4.69) is 20.5 Å². The van der Waals surface area contributed by atoms with E-state index < -0.39 is 0 Å². The van der Waals surface area contributed by atoms with Crippen molar-refractivity contribution in [2.75, 3.05) is 19.5 Å². The molecule has 1 N–H and O–H groups in total. The van der Waals surface area contributed by atoms with Crippen LogP contribution in [0.25, 0.3) is 28.3 Å². The van der Waals surface area contributed by atoms with E-state index in [9.17, 15) is 4.79 Å². The van der Waals surface area contributed by atoms with Crippen LogP contribution in [0.4, 0.5) is 5.69 Å². The first-order valence-corrected chi connectivity index (χ1v) is 10.4. The number of carbonyl (C=O) groups excluding carboxylic acids is 1. The van der Waals surface area contributed by atoms with E-state index in [0.29, 0.717) is 39.9 Å². The number of benzene rings is 2. The molecule has 0 spiro atoms. The summed E-state index contributed by atoms with van der Waals surface area (Å²) >= 11 is 0. The van der Waals surface area contributed by atoms with Crippen molar-refractivity contribution >= 4 is 17.2 Å². The Morgan fingerprint density at radius 2 is 1.76 bits per heavy atom. The first-order chi connectivity index (χ1) is 16.7. The van der Waals surface area contributed by atoms with Gasteiger partial charge in [-0.2, -0.15) is 9.61 Å². The van der Waals surface area contributed by atoms with Crippen LogP contribution in [0.2, 0.25) is 0 Å². The quantitative estimate of drug-likeness (QED) is 0.413. The molecule has 0 aliphatic rings. The molecular formula is C25H20N6O3. The summed E-state index contributed by atoms with van der Waals surface area (Å²) in [5.74, 6) is 1.15. The minimum absolute atomic E-state index is 0.311. The Hall–Kier alpha value is -4.79. The van der Waals surface area contributed by atoms with Crippen molar-refractivity contribution in [2.24, 2.45) is 0 Å². The van der Waals surface area contributed by atoms with Gasteiger partial charge in [-0.25, -0.2) is 0 Å². The second-order valence-corrected chi connectivity index (χ2v) is 7.33. The minimum Gasteiger partial charge on any atom is -0.493 e. The second kappa shape index (κ2) is 8.99. The molecule has 3 aromatic heterocycles. The molecule has 1 amide bonds. The third kappa shape index (κ3) is 3.90. The Labute approximate surface area is 195 Å². The summed E-state index contributed by atoms with van der Waals surface area (Å²) in [6, 6.07) is 20.1. The van der Waals surface area contributed by atoms with E-state index in [1.165, 1.54) is 14.2 Å². The number of para-hydroxylation sites is 1. The Kier molecular flexibility index (Phi) is 5.57. The van der Waals surface area contributed by atoms with Crippen LogP contribution in [-0.4, -0.2) is 44.9 Å². The van der Waals surface area contributed by atoms with Crippen molar-refractivity contribution in [2.45, 2.75) is 0 Å². The fourth-order valence-corrected chi connectivity index (χ4v) is 3.64. The molecular weight excluding hydrogens is 432 g/mol. The molecule has 0 saturated heterocycles. The van der Waals surface area contributed by atoms with Gasteiger partial charge in [-0.3, -0.25) is 9.78 Å². The smallest absolute Gasteiger partial charge is 0.259 e. The maximum Gasteiger partial charge on any atom is 0.259 e. The maximum absolute atomic E-state index is 13.0. The van der Waals surface area contributed by atoms with Crippen LogP contribution in [0.5, 0.6) is 11.5 Å². The van der Waals surface area contributed by atoms with Gasteiger partial charge in [0.2, 0.25) is 0 Å². The Balaban J connectivity index is 1.46. The number of ether oxygens (including phenoxy) is 2. The van der Waals surface area contributed by atoms with E-state index in [0.717, 1.165) is 11.1 Å². The van der Waals surface area contributed by atoms with E-state index in [1.807, 2.05) is 48.5 Å². The SMILES string of the molecule is COc1cccc(C(=O)Nc2cccc(-c3ccc4nnc(-c5cccnc5)n4n3)c2)c1OC. The molecule has 0 aliphatic heterocycles. The van der Waals surface area contributed by atoms with Gasteiger partial charge in [0, 0.05) is 29.2 Å². The van der Waals surface area contributed by atoms with Crippen LogP contribution >= 0.6 is 0 Å². The Bertz CT molecular complexity index is 1480. The highest BCUT2D eigenvalue weighted by Crippen LogP contribution is 2.31. The molecule has 0 aliphatic carbocycles. The van der Waals surface area contributed by atoms with Crippen molar-refractivity contribution in [3.63, 3.8) is 0 Å². The molecule has 0 atom stereocenters. The predicted molar refractivity (Wildman–Crippen MR) is 127 cm³/mol. The molecule has 2 aromatic carbocycles. The van der Waals surface area contributed by atoms with Crippen LogP contribution in [-0.2, 0) is 0 Å². The molecule has 0 radical (unpaired) electrons. The van der Waals surface area contributed by atoms with Gasteiger partial charge in [0.25, 0.3) is 5.91 Å². The lowest BCUT2D eigenvalue weighted by molar-refractivity contribution is 0.102. The summed E-state index contributed by atoms with van der Waals surface area (Å²) in [6.07, 6.45) is 3.42. The van der Waals surface area contributed by atoms with Crippen molar-refractivity contribution in [3.05, 3.63) is 84.7 Å². The van der Waals surface area contributed by atoms with Crippen molar-refractivity contribution in [1.29, 1.82) is 0 Å². The van der Waals surface area contributed by atoms with E-state index in [-0.39, 0.29) is 5.91 Å². The summed E-state index contributed by atoms with van der Waals surface area (Å²) in [5.41, 5.74) is 3.95. The largest absolute Gasteiger partial charge is 0.493 e. The van der Waals surface area contributed by atoms with Crippen LogP contribution < -0.4 is 14.8 Å². The average molecular weight is 452 g/mol. The average Bonchev–Trinajstić information content (AvgIpc) is 3.32. The number of pyridine rings is 1. The number of amides is 1. The normalized spacial score (nSPS) is 10.8. The number of methoxy groups -OCH3 is 2. The number of aromatic nitrogens is 5. The fraction of sp³-hybridized carbons (Fsp3) is 0.0800. The Morgan fingerprint density at radius 3 is 2.56 bits per heavy atom. The van der Waals surface area contributed by atoms with Crippen LogP contribution in [0.1, 0.15) is 10.4 Å². The third-order valence-electron chi connectivity index (χ3n) is 5.25. The zero-order valence-corrected chi connectivity index (χ0v) is 18.5. The van der Waals surface area contributed by atoms with Gasteiger partial charge in [0.1, 0.15) is 0 Å². The van der Waals surface area contributed by atoms with Gasteiger partial charge in [-0.15, -0.1) is 10.2 Å². The molecule has 5 rings (SSSR count). The zero-order valence-electron chi connectivity index (χ0n) is 18.5. The lowest BCUT2D eigenvalue weighted by Crippen LogP contribution is -2.13. The molecule has 34 heavy (non-hydrogen) atoms. The number of anilines is 1. The Morgan fingerprint density at radius 1 is 0.912 bits per heavy atom. The first-order valence-electron chi connectivity index (χ1n) is 10.4. The van der Waals surface area contributed by atoms with E-state index in [1.54, 1.807) is 35.1 Å². The van der Waals surface area contributed by atoms with Gasteiger partial charge < -0.3 is 14.8 Å². The van der Waals surface area contributed by atoms with Crippen LogP contribution in [0.15, 0.2) is 79.1 Å². The lowest BCUT2D eigenvalue weighted by atomic mass is 10.1. The number of fused-ring (bicyclic) bond motifs is 1. The second-order valence-electron chi connectivity index (χ2n) is 7.33. The molecule has 9 heteroatoms. The lowest BCUT2D eigenvalue weighted by Gasteiger charge is -2.13.